The molecule has 0 aliphatic carbocycles. The Morgan fingerprint density at radius 3 is 1.58 bits per heavy atom. The predicted octanol–water partition coefficient (Wildman–Crippen LogP) is 5.19. The molecule has 0 aliphatic heterocycles. The number of carbonyl (C=O) groups excluding carboxylic acids is 1. The van der Waals surface area contributed by atoms with E-state index in [2.05, 4.69) is 9.47 Å². The van der Waals surface area contributed by atoms with Crippen molar-refractivity contribution in [2.45, 2.75) is 13.2 Å². The standard InChI is InChI=1S/C19H14F4O3/c20-18(21)25-16-5-1-3-13(11-16)7-9-15(24)10-8-14-4-2-6-17(12-14)26-19(22)23/h1-12,18-19H. The molecule has 0 aromatic heterocycles. The smallest absolute Gasteiger partial charge is 0.387 e. The Balaban J connectivity index is 2.00. The van der Waals surface area contributed by atoms with Gasteiger partial charge in [0.2, 0.25) is 0 Å². The summed E-state index contributed by atoms with van der Waals surface area (Å²) in [5.74, 6) is -0.396. The van der Waals surface area contributed by atoms with Crippen molar-refractivity contribution in [3.63, 3.8) is 0 Å². The van der Waals surface area contributed by atoms with Crippen LogP contribution in [0.4, 0.5) is 17.6 Å². The van der Waals surface area contributed by atoms with Crippen LogP contribution >= 0.6 is 0 Å². The first-order valence-corrected chi connectivity index (χ1v) is 7.42. The van der Waals surface area contributed by atoms with Crippen LogP contribution in [0.25, 0.3) is 12.2 Å². The lowest BCUT2D eigenvalue weighted by Gasteiger charge is -2.04. The van der Waals surface area contributed by atoms with Crippen LogP contribution in [0.15, 0.2) is 60.7 Å². The summed E-state index contributed by atoms with van der Waals surface area (Å²) in [6, 6.07) is 11.8. The zero-order valence-electron chi connectivity index (χ0n) is 13.3. The predicted molar refractivity (Wildman–Crippen MR) is 89.2 cm³/mol. The second kappa shape index (κ2) is 9.41. The number of ether oxygens (including phenoxy) is 2. The lowest BCUT2D eigenvalue weighted by atomic mass is 10.1. The maximum atomic E-state index is 12.2. The number of allylic oxidation sites excluding steroid dienone is 2. The van der Waals surface area contributed by atoms with E-state index in [0.717, 1.165) is 0 Å². The Bertz CT molecular complexity index is 735. The lowest BCUT2D eigenvalue weighted by molar-refractivity contribution is -0.110. The summed E-state index contributed by atoms with van der Waals surface area (Å²) in [7, 11) is 0. The molecule has 0 heterocycles. The highest BCUT2D eigenvalue weighted by molar-refractivity contribution is 6.04. The van der Waals surface area contributed by atoms with Gasteiger partial charge in [-0.25, -0.2) is 0 Å². The number of hydrogen-bond donors (Lipinski definition) is 0. The minimum absolute atomic E-state index is 0.0130. The van der Waals surface area contributed by atoms with Gasteiger partial charge in [-0.2, -0.15) is 17.6 Å². The van der Waals surface area contributed by atoms with Crippen molar-refractivity contribution >= 4 is 17.9 Å². The first-order valence-electron chi connectivity index (χ1n) is 7.42. The number of alkyl halides is 4. The van der Waals surface area contributed by atoms with Crippen LogP contribution in [-0.2, 0) is 4.79 Å². The molecule has 7 heteroatoms. The third-order valence-electron chi connectivity index (χ3n) is 3.05. The zero-order valence-corrected chi connectivity index (χ0v) is 13.3. The second-order valence-corrected chi connectivity index (χ2v) is 4.97. The lowest BCUT2D eigenvalue weighted by Crippen LogP contribution is -2.01. The maximum Gasteiger partial charge on any atom is 0.387 e. The molecule has 0 amide bonds. The van der Waals surface area contributed by atoms with Crippen molar-refractivity contribution < 1.29 is 31.8 Å². The van der Waals surface area contributed by atoms with Gasteiger partial charge in [0.25, 0.3) is 0 Å². The van der Waals surface area contributed by atoms with Crippen LogP contribution in [0.1, 0.15) is 11.1 Å². The van der Waals surface area contributed by atoms with Gasteiger partial charge in [0.05, 0.1) is 0 Å². The van der Waals surface area contributed by atoms with Gasteiger partial charge >= 0.3 is 13.2 Å². The quantitative estimate of drug-likeness (QED) is 0.477. The van der Waals surface area contributed by atoms with E-state index in [4.69, 9.17) is 0 Å². The van der Waals surface area contributed by atoms with Crippen LogP contribution < -0.4 is 9.47 Å². The summed E-state index contributed by atoms with van der Waals surface area (Å²) in [4.78, 5) is 11.8. The van der Waals surface area contributed by atoms with Crippen LogP contribution in [0.2, 0.25) is 0 Å². The number of benzene rings is 2. The SMILES string of the molecule is O=C(C=Cc1cccc(OC(F)F)c1)C=Cc1cccc(OC(F)F)c1. The van der Waals surface area contributed by atoms with Gasteiger partial charge in [0.1, 0.15) is 11.5 Å². The molecule has 0 atom stereocenters. The van der Waals surface area contributed by atoms with Crippen LogP contribution in [-0.4, -0.2) is 19.0 Å². The Morgan fingerprint density at radius 1 is 0.769 bits per heavy atom. The number of ketones is 1. The highest BCUT2D eigenvalue weighted by Crippen LogP contribution is 2.18. The number of hydrogen-bond acceptors (Lipinski definition) is 3. The Labute approximate surface area is 147 Å². The van der Waals surface area contributed by atoms with Gasteiger partial charge in [-0.15, -0.1) is 0 Å². The van der Waals surface area contributed by atoms with Gasteiger partial charge in [-0.3, -0.25) is 4.79 Å². The molecule has 0 unspecified atom stereocenters. The van der Waals surface area contributed by atoms with E-state index in [9.17, 15) is 22.4 Å². The molecule has 2 aromatic rings. The monoisotopic (exact) mass is 366 g/mol. The van der Waals surface area contributed by atoms with Gasteiger partial charge in [0.15, 0.2) is 5.78 Å². The topological polar surface area (TPSA) is 35.5 Å². The maximum absolute atomic E-state index is 12.2. The third kappa shape index (κ3) is 6.80. The zero-order chi connectivity index (χ0) is 18.9. The van der Waals surface area contributed by atoms with E-state index in [-0.39, 0.29) is 17.3 Å². The summed E-state index contributed by atoms with van der Waals surface area (Å²) >= 11 is 0. The molecule has 2 rings (SSSR count). The molecule has 0 fully saturated rings. The molecule has 0 bridgehead atoms. The molecule has 0 aliphatic rings. The van der Waals surface area contributed by atoms with Crippen molar-refractivity contribution in [3.05, 3.63) is 71.8 Å². The number of carbonyl (C=O) groups is 1. The van der Waals surface area contributed by atoms with E-state index < -0.39 is 13.2 Å². The molecule has 3 nitrogen and oxygen atoms in total. The normalized spacial score (nSPS) is 11.6. The summed E-state index contributed by atoms with van der Waals surface area (Å²) in [5, 5.41) is 0. The second-order valence-electron chi connectivity index (χ2n) is 4.97. The van der Waals surface area contributed by atoms with Gasteiger partial charge in [-0.05, 0) is 47.5 Å². The Kier molecular flexibility index (Phi) is 6.96. The highest BCUT2D eigenvalue weighted by Gasteiger charge is 2.04. The fraction of sp³-hybridized carbons (Fsp3) is 0.105. The molecule has 26 heavy (non-hydrogen) atoms. The Morgan fingerprint density at radius 2 is 1.19 bits per heavy atom. The molecule has 0 radical (unpaired) electrons. The average molecular weight is 366 g/mol. The molecule has 0 saturated carbocycles. The van der Waals surface area contributed by atoms with E-state index >= 15 is 0 Å². The number of rotatable bonds is 8. The van der Waals surface area contributed by atoms with Crippen molar-refractivity contribution in [3.8, 4) is 11.5 Å². The average Bonchev–Trinajstić information content (AvgIpc) is 2.58. The van der Waals surface area contributed by atoms with Gasteiger partial charge < -0.3 is 9.47 Å². The van der Waals surface area contributed by atoms with E-state index in [1.807, 2.05) is 0 Å². The highest BCUT2D eigenvalue weighted by atomic mass is 19.3. The minimum Gasteiger partial charge on any atom is -0.435 e. The van der Waals surface area contributed by atoms with E-state index in [1.54, 1.807) is 12.1 Å². The fourth-order valence-electron chi connectivity index (χ4n) is 2.00. The molecule has 0 N–H and O–H groups in total. The first kappa shape index (κ1) is 19.2. The summed E-state index contributed by atoms with van der Waals surface area (Å²) < 4.78 is 57.2. The Hall–Kier alpha value is -3.09. The summed E-state index contributed by atoms with van der Waals surface area (Å²) in [6.07, 6.45) is 5.39. The minimum atomic E-state index is -2.93. The molecular formula is C19H14F4O3. The van der Waals surface area contributed by atoms with E-state index in [0.29, 0.717) is 11.1 Å². The van der Waals surface area contributed by atoms with Crippen molar-refractivity contribution in [2.75, 3.05) is 0 Å². The van der Waals surface area contributed by atoms with Crippen molar-refractivity contribution in [2.24, 2.45) is 0 Å². The van der Waals surface area contributed by atoms with Gasteiger partial charge in [0, 0.05) is 0 Å². The largest absolute Gasteiger partial charge is 0.435 e. The van der Waals surface area contributed by atoms with Crippen molar-refractivity contribution in [1.29, 1.82) is 0 Å². The third-order valence-corrected chi connectivity index (χ3v) is 3.05. The fourth-order valence-corrected chi connectivity index (χ4v) is 2.00. The van der Waals surface area contributed by atoms with Crippen LogP contribution in [0.5, 0.6) is 11.5 Å². The summed E-state index contributed by atoms with van der Waals surface area (Å²) in [5.41, 5.74) is 1.02. The van der Waals surface area contributed by atoms with Crippen LogP contribution in [0, 0.1) is 0 Å². The first-order chi connectivity index (χ1) is 12.4. The van der Waals surface area contributed by atoms with Gasteiger partial charge in [-0.1, -0.05) is 36.4 Å². The molecular weight excluding hydrogens is 352 g/mol. The molecule has 0 spiro atoms. The molecule has 0 saturated heterocycles. The summed E-state index contributed by atoms with van der Waals surface area (Å²) in [6.45, 7) is -5.85. The van der Waals surface area contributed by atoms with Crippen LogP contribution in [0.3, 0.4) is 0 Å². The molecule has 136 valence electrons. The number of halogens is 4. The van der Waals surface area contributed by atoms with Crippen molar-refractivity contribution in [1.82, 2.24) is 0 Å². The van der Waals surface area contributed by atoms with E-state index in [1.165, 1.54) is 60.7 Å². The molecule has 2 aromatic carbocycles.